The molecule has 2 heteroatoms. The van der Waals surface area contributed by atoms with Crippen LogP contribution in [0.2, 0.25) is 0 Å². The lowest BCUT2D eigenvalue weighted by Gasteiger charge is -2.37. The number of rotatable bonds is 10. The van der Waals surface area contributed by atoms with Crippen LogP contribution in [0.5, 0.6) is 0 Å². The lowest BCUT2D eigenvalue weighted by atomic mass is 9.66. The third kappa shape index (κ3) is 9.37. The molecule has 8 aromatic rings. The molecule has 0 amide bonds. The first-order chi connectivity index (χ1) is 34.4. The van der Waals surface area contributed by atoms with E-state index in [0.29, 0.717) is 11.8 Å². The largest absolute Gasteiger partial charge is 0.310 e. The summed E-state index contributed by atoms with van der Waals surface area (Å²) >= 11 is 0. The molecule has 1 aliphatic carbocycles. The van der Waals surface area contributed by atoms with Gasteiger partial charge in [0.05, 0.1) is 16.8 Å². The van der Waals surface area contributed by atoms with Crippen LogP contribution in [0.1, 0.15) is 170 Å². The average Bonchev–Trinajstić information content (AvgIpc) is 3.59. The van der Waals surface area contributed by atoms with E-state index in [-0.39, 0.29) is 10.8 Å². The van der Waals surface area contributed by atoms with Gasteiger partial charge in [0.25, 0.3) is 0 Å². The van der Waals surface area contributed by atoms with Gasteiger partial charge in [-0.3, -0.25) is 0 Å². The molecule has 0 saturated heterocycles. The third-order valence-corrected chi connectivity index (χ3v) is 15.7. The maximum atomic E-state index is 2.55. The summed E-state index contributed by atoms with van der Waals surface area (Å²) in [6.45, 7) is 41.3. The molecular weight excluding hydrogens is 881 g/mol. The highest BCUT2D eigenvalue weighted by Crippen LogP contribution is 2.59. The van der Waals surface area contributed by atoms with Gasteiger partial charge in [-0.25, -0.2) is 0 Å². The van der Waals surface area contributed by atoms with Gasteiger partial charge in [-0.05, 0) is 204 Å². The SMILES string of the molecule is Cc1cc(C)cc(C2(c3cc(C)cc(C)c3)c3cc(N(c4ccc(C(C)C)cc4)c4c(C)cc(C(C)(C)C)cc4C)ccc3-c3ccc(N(c4ccc(C(C)C)cc4)c4c(C)cc(C(C)(C)C)cc4C)cc32)c1. The van der Waals surface area contributed by atoms with Crippen molar-refractivity contribution in [3.63, 3.8) is 0 Å². The third-order valence-electron chi connectivity index (χ3n) is 15.7. The minimum Gasteiger partial charge on any atom is -0.310 e. The van der Waals surface area contributed by atoms with Crippen molar-refractivity contribution in [1.29, 1.82) is 0 Å². The first-order valence-electron chi connectivity index (χ1n) is 26.9. The summed E-state index contributed by atoms with van der Waals surface area (Å²) in [6, 6.07) is 57.6. The molecule has 9 rings (SSSR count). The number of benzene rings is 8. The summed E-state index contributed by atoms with van der Waals surface area (Å²) in [5.74, 6) is 0.866. The van der Waals surface area contributed by atoms with Crippen LogP contribution in [0.15, 0.2) is 146 Å². The predicted molar refractivity (Wildman–Crippen MR) is 317 cm³/mol. The Balaban J connectivity index is 1.39. The number of anilines is 6. The topological polar surface area (TPSA) is 6.48 Å². The zero-order valence-electron chi connectivity index (χ0n) is 47.4. The molecule has 0 unspecified atom stereocenters. The van der Waals surface area contributed by atoms with Gasteiger partial charge < -0.3 is 9.80 Å². The standard InChI is InChI=1S/C71H80N2/c1-43(2)53-19-23-59(24-20-53)72(67-49(9)37-55(38-50(67)10)69(13,14)15)61-27-29-63-64-30-28-62(73(60-25-21-54(22-26-60)44(3)4)68-51(11)39-56(40-52(68)12)70(16,17)18)42-66(64)71(65(63)41-61,57-33-45(5)31-46(6)34-57)58-35-47(7)32-48(8)36-58/h19-44H,1-18H3. The Hall–Kier alpha value is -6.64. The Morgan fingerprint density at radius 2 is 0.630 bits per heavy atom. The van der Waals surface area contributed by atoms with E-state index in [4.69, 9.17) is 0 Å². The Labute approximate surface area is 440 Å². The van der Waals surface area contributed by atoms with Crippen LogP contribution in [-0.4, -0.2) is 0 Å². The molecule has 0 aromatic heterocycles. The van der Waals surface area contributed by atoms with Gasteiger partial charge in [0.2, 0.25) is 0 Å². The van der Waals surface area contributed by atoms with Crippen LogP contribution >= 0.6 is 0 Å². The van der Waals surface area contributed by atoms with Gasteiger partial charge in [-0.1, -0.05) is 189 Å². The molecule has 1 aliphatic rings. The number of hydrogen-bond donors (Lipinski definition) is 0. The highest BCUT2D eigenvalue weighted by molar-refractivity contribution is 5.93. The number of nitrogens with zero attached hydrogens (tertiary/aromatic N) is 2. The maximum Gasteiger partial charge on any atom is 0.0715 e. The van der Waals surface area contributed by atoms with Gasteiger partial charge in [0.15, 0.2) is 0 Å². The highest BCUT2D eigenvalue weighted by atomic mass is 15.2. The van der Waals surface area contributed by atoms with E-state index in [2.05, 4.69) is 280 Å². The van der Waals surface area contributed by atoms with Crippen LogP contribution in [0, 0.1) is 55.4 Å². The van der Waals surface area contributed by atoms with E-state index in [1.165, 1.54) is 112 Å². The Morgan fingerprint density at radius 1 is 0.342 bits per heavy atom. The molecule has 0 N–H and O–H groups in total. The van der Waals surface area contributed by atoms with E-state index in [1.54, 1.807) is 0 Å². The minimum atomic E-state index is -0.676. The lowest BCUT2D eigenvalue weighted by Crippen LogP contribution is -2.30. The van der Waals surface area contributed by atoms with Crippen molar-refractivity contribution in [3.8, 4) is 11.1 Å². The van der Waals surface area contributed by atoms with E-state index in [9.17, 15) is 0 Å². The molecular formula is C71H80N2. The van der Waals surface area contributed by atoms with Gasteiger partial charge in [0, 0.05) is 22.7 Å². The van der Waals surface area contributed by atoms with Gasteiger partial charge >= 0.3 is 0 Å². The number of fused-ring (bicyclic) bond motifs is 3. The first kappa shape index (κ1) is 51.3. The Morgan fingerprint density at radius 3 is 0.904 bits per heavy atom. The molecule has 73 heavy (non-hydrogen) atoms. The predicted octanol–water partition coefficient (Wildman–Crippen LogP) is 20.3. The molecule has 0 heterocycles. The summed E-state index contributed by atoms with van der Waals surface area (Å²) in [5.41, 5.74) is 29.6. The molecule has 8 aromatic carbocycles. The second kappa shape index (κ2) is 19.0. The zero-order valence-corrected chi connectivity index (χ0v) is 47.4. The van der Waals surface area contributed by atoms with E-state index < -0.39 is 5.41 Å². The summed E-state index contributed by atoms with van der Waals surface area (Å²) in [5, 5.41) is 0. The van der Waals surface area contributed by atoms with Crippen molar-refractivity contribution in [2.24, 2.45) is 0 Å². The number of hydrogen-bond acceptors (Lipinski definition) is 2. The van der Waals surface area contributed by atoms with E-state index >= 15 is 0 Å². The fraction of sp³-hybridized carbons (Fsp3) is 0.324. The molecule has 0 bridgehead atoms. The van der Waals surface area contributed by atoms with Crippen molar-refractivity contribution < 1.29 is 0 Å². The maximum absolute atomic E-state index is 2.55. The summed E-state index contributed by atoms with van der Waals surface area (Å²) in [7, 11) is 0. The Kier molecular flexibility index (Phi) is 13.3. The van der Waals surface area contributed by atoms with Crippen LogP contribution in [-0.2, 0) is 16.2 Å². The van der Waals surface area contributed by atoms with Crippen LogP contribution < -0.4 is 9.80 Å². The van der Waals surface area contributed by atoms with Crippen molar-refractivity contribution >= 4 is 34.1 Å². The second-order valence-corrected chi connectivity index (χ2v) is 24.5. The smallest absolute Gasteiger partial charge is 0.0715 e. The van der Waals surface area contributed by atoms with E-state index in [0.717, 1.165) is 22.7 Å². The monoisotopic (exact) mass is 961 g/mol. The zero-order chi connectivity index (χ0) is 52.6. The Bertz CT molecular complexity index is 3070. The lowest BCUT2D eigenvalue weighted by molar-refractivity contribution is 0.589. The first-order valence-corrected chi connectivity index (χ1v) is 26.9. The average molecular weight is 961 g/mol. The van der Waals surface area contributed by atoms with Crippen molar-refractivity contribution in [3.05, 3.63) is 235 Å². The molecule has 0 spiro atoms. The molecule has 0 atom stereocenters. The fourth-order valence-electron chi connectivity index (χ4n) is 12.1. The van der Waals surface area contributed by atoms with Crippen molar-refractivity contribution in [2.75, 3.05) is 9.80 Å². The summed E-state index contributed by atoms with van der Waals surface area (Å²) < 4.78 is 0. The second-order valence-electron chi connectivity index (χ2n) is 24.5. The molecule has 0 radical (unpaired) electrons. The minimum absolute atomic E-state index is 0.0217. The van der Waals surface area contributed by atoms with Crippen LogP contribution in [0.25, 0.3) is 11.1 Å². The van der Waals surface area contributed by atoms with E-state index in [1.807, 2.05) is 0 Å². The van der Waals surface area contributed by atoms with Crippen molar-refractivity contribution in [1.82, 2.24) is 0 Å². The fourth-order valence-corrected chi connectivity index (χ4v) is 12.1. The van der Waals surface area contributed by atoms with Crippen LogP contribution in [0.3, 0.4) is 0 Å². The molecule has 0 aliphatic heterocycles. The quantitative estimate of drug-likeness (QED) is 0.135. The number of aryl methyl sites for hydroxylation is 8. The molecule has 0 saturated carbocycles. The van der Waals surface area contributed by atoms with Crippen LogP contribution in [0.4, 0.5) is 34.1 Å². The summed E-state index contributed by atoms with van der Waals surface area (Å²) in [6.07, 6.45) is 0. The van der Waals surface area contributed by atoms with Crippen molar-refractivity contribution in [2.45, 2.75) is 153 Å². The molecule has 0 fully saturated rings. The van der Waals surface area contributed by atoms with Gasteiger partial charge in [-0.2, -0.15) is 0 Å². The van der Waals surface area contributed by atoms with Gasteiger partial charge in [0.1, 0.15) is 0 Å². The highest BCUT2D eigenvalue weighted by Gasteiger charge is 2.47. The van der Waals surface area contributed by atoms with Gasteiger partial charge in [-0.15, -0.1) is 0 Å². The molecule has 374 valence electrons. The molecule has 2 nitrogen and oxygen atoms in total. The normalized spacial score (nSPS) is 13.2. The summed E-state index contributed by atoms with van der Waals surface area (Å²) in [4.78, 5) is 5.08.